The Morgan fingerprint density at radius 3 is 1.31 bits per heavy atom. The molecule has 2 aliphatic carbocycles. The molecule has 4 heteroatoms. The second-order valence-electron chi connectivity index (χ2n) is 4.04. The number of rotatable bonds is 2. The van der Waals surface area contributed by atoms with Gasteiger partial charge in [0.1, 0.15) is 0 Å². The van der Waals surface area contributed by atoms with Gasteiger partial charge in [-0.05, 0) is 62.4 Å². The topological polar surface area (TPSA) is 0 Å². The van der Waals surface area contributed by atoms with Crippen LogP contribution in [0, 0.1) is 62.4 Å². The SMILES string of the molecule is C[Si](C)([C]1[CH][CH][CH][CH]1)[C]1[CH][CH][CH][CH]1.[Cl][Ti][Cl]. The van der Waals surface area contributed by atoms with Crippen molar-refractivity contribution in [1.82, 2.24) is 0 Å². The Bertz CT molecular complexity index is 169. The standard InChI is InChI=1S/C12H14Si.2ClH.Ti/c1-13(2,11-7-3-4-8-11)12-9-5-6-10-12;;;/h3-10H,1-2H3;2*1H;/q;;;+2/p-2. The fourth-order valence-electron chi connectivity index (χ4n) is 1.75. The summed E-state index contributed by atoms with van der Waals surface area (Å²) in [6, 6.07) is 0. The van der Waals surface area contributed by atoms with Crippen LogP contribution in [-0.4, -0.2) is 8.07 Å². The molecule has 0 aromatic carbocycles. The first-order valence-electron chi connectivity index (χ1n) is 5.03. The molecule has 0 atom stereocenters. The molecule has 0 saturated heterocycles. The third-order valence-electron chi connectivity index (χ3n) is 2.77. The van der Waals surface area contributed by atoms with Crippen LogP contribution >= 0.6 is 18.6 Å². The second kappa shape index (κ2) is 7.84. The summed E-state index contributed by atoms with van der Waals surface area (Å²) >= 11 is -0.556. The second-order valence-corrected chi connectivity index (χ2v) is 11.0. The van der Waals surface area contributed by atoms with Gasteiger partial charge in [0.05, 0.1) is 8.07 Å². The van der Waals surface area contributed by atoms with Crippen LogP contribution in [0.3, 0.4) is 0 Å². The van der Waals surface area contributed by atoms with Crippen LogP contribution < -0.4 is 0 Å². The summed E-state index contributed by atoms with van der Waals surface area (Å²) in [6.45, 7) is 4.80. The zero-order chi connectivity index (χ0) is 12.0. The molecule has 0 nitrogen and oxygen atoms in total. The van der Waals surface area contributed by atoms with Gasteiger partial charge in [-0.25, -0.2) is 0 Å². The Hall–Kier alpha value is 1.51. The van der Waals surface area contributed by atoms with Crippen molar-refractivity contribution in [3.8, 4) is 0 Å². The predicted octanol–water partition coefficient (Wildman–Crippen LogP) is 3.96. The molecule has 2 rings (SSSR count). The molecule has 2 fully saturated rings. The van der Waals surface area contributed by atoms with E-state index in [1.165, 1.54) is 11.1 Å². The predicted molar refractivity (Wildman–Crippen MR) is 70.1 cm³/mol. The van der Waals surface area contributed by atoms with Gasteiger partial charge in [-0.3, -0.25) is 0 Å². The first kappa shape index (κ1) is 15.6. The van der Waals surface area contributed by atoms with Crippen LogP contribution in [0.1, 0.15) is 0 Å². The van der Waals surface area contributed by atoms with Crippen molar-refractivity contribution in [3.05, 3.63) is 62.4 Å². The van der Waals surface area contributed by atoms with Crippen LogP contribution in [0.25, 0.3) is 0 Å². The summed E-state index contributed by atoms with van der Waals surface area (Å²) in [5.74, 6) is 0. The van der Waals surface area contributed by atoms with E-state index in [1.54, 1.807) is 0 Å². The van der Waals surface area contributed by atoms with Gasteiger partial charge in [-0.1, -0.05) is 13.1 Å². The van der Waals surface area contributed by atoms with Crippen molar-refractivity contribution in [1.29, 1.82) is 0 Å². The molecule has 0 spiro atoms. The zero-order valence-electron chi connectivity index (χ0n) is 9.37. The van der Waals surface area contributed by atoms with E-state index in [9.17, 15) is 0 Å². The molecular formula is C12H14Cl2SiTi. The van der Waals surface area contributed by atoms with E-state index in [0.29, 0.717) is 0 Å². The Kier molecular flexibility index (Phi) is 7.63. The van der Waals surface area contributed by atoms with Crippen molar-refractivity contribution in [2.24, 2.45) is 0 Å². The van der Waals surface area contributed by atoms with Gasteiger partial charge in [-0.15, -0.1) is 0 Å². The summed E-state index contributed by atoms with van der Waals surface area (Å²) in [5, 5.41) is 0. The van der Waals surface area contributed by atoms with Gasteiger partial charge < -0.3 is 0 Å². The molecule has 0 aromatic rings. The number of halogens is 2. The van der Waals surface area contributed by atoms with Crippen LogP contribution in [-0.2, 0) is 17.0 Å². The summed E-state index contributed by atoms with van der Waals surface area (Å²) < 4.78 is 0. The Morgan fingerprint density at radius 1 is 0.812 bits per heavy atom. The summed E-state index contributed by atoms with van der Waals surface area (Å²) in [5.41, 5.74) is 3.05. The summed E-state index contributed by atoms with van der Waals surface area (Å²) in [7, 11) is 8.43. The van der Waals surface area contributed by atoms with Gasteiger partial charge in [0.15, 0.2) is 0 Å². The van der Waals surface area contributed by atoms with E-state index in [-0.39, 0.29) is 0 Å². The third kappa shape index (κ3) is 4.32. The fraction of sp³-hybridized carbons (Fsp3) is 0.167. The summed E-state index contributed by atoms with van der Waals surface area (Å²) in [4.78, 5) is 0. The zero-order valence-corrected chi connectivity index (χ0v) is 13.4. The molecule has 0 amide bonds. The Labute approximate surface area is 119 Å². The molecular weight excluding hydrogens is 291 g/mol. The number of hydrogen-bond acceptors (Lipinski definition) is 0. The average molecular weight is 305 g/mol. The van der Waals surface area contributed by atoms with Gasteiger partial charge in [0.2, 0.25) is 0 Å². The first-order chi connectivity index (χ1) is 7.62. The maximum atomic E-state index is 4.89. The van der Waals surface area contributed by atoms with E-state index in [4.69, 9.17) is 18.6 Å². The molecule has 10 radical (unpaired) electrons. The van der Waals surface area contributed by atoms with E-state index in [1.807, 2.05) is 0 Å². The van der Waals surface area contributed by atoms with E-state index in [2.05, 4.69) is 64.5 Å². The molecule has 16 heavy (non-hydrogen) atoms. The molecule has 0 unspecified atom stereocenters. The van der Waals surface area contributed by atoms with Crippen LogP contribution in [0.4, 0.5) is 0 Å². The van der Waals surface area contributed by atoms with Crippen molar-refractivity contribution >= 4 is 26.7 Å². The van der Waals surface area contributed by atoms with Crippen LogP contribution in [0.2, 0.25) is 13.1 Å². The van der Waals surface area contributed by atoms with Crippen molar-refractivity contribution in [2.75, 3.05) is 0 Å². The third-order valence-corrected chi connectivity index (χ3v) is 6.32. The van der Waals surface area contributed by atoms with Gasteiger partial charge in [0.25, 0.3) is 0 Å². The monoisotopic (exact) mass is 304 g/mol. The molecule has 0 aliphatic heterocycles. The minimum atomic E-state index is -1.35. The molecule has 2 saturated carbocycles. The normalized spacial score (nSPS) is 23.0. The quantitative estimate of drug-likeness (QED) is 0.677. The van der Waals surface area contributed by atoms with Gasteiger partial charge in [0, 0.05) is 0 Å². The summed E-state index contributed by atoms with van der Waals surface area (Å²) in [6.07, 6.45) is 17.5. The average Bonchev–Trinajstić information content (AvgIpc) is 2.93. The Morgan fingerprint density at radius 2 is 1.06 bits per heavy atom. The molecule has 0 aromatic heterocycles. The van der Waals surface area contributed by atoms with Gasteiger partial charge >= 0.3 is 35.6 Å². The minimum absolute atomic E-state index is 0.556. The molecule has 0 heterocycles. The van der Waals surface area contributed by atoms with Crippen molar-refractivity contribution in [2.45, 2.75) is 13.1 Å². The van der Waals surface area contributed by atoms with E-state index >= 15 is 0 Å². The van der Waals surface area contributed by atoms with Crippen LogP contribution in [0.5, 0.6) is 0 Å². The van der Waals surface area contributed by atoms with Crippen LogP contribution in [0.15, 0.2) is 0 Å². The fourth-order valence-corrected chi connectivity index (χ4v) is 4.13. The molecule has 2 aliphatic rings. The van der Waals surface area contributed by atoms with E-state index in [0.717, 1.165) is 0 Å². The molecule has 84 valence electrons. The number of hydrogen-bond donors (Lipinski definition) is 0. The van der Waals surface area contributed by atoms with Crippen molar-refractivity contribution < 1.29 is 17.0 Å². The molecule has 0 bridgehead atoms. The Balaban J connectivity index is 0.000000386. The maximum absolute atomic E-state index is 4.89. The first-order valence-corrected chi connectivity index (χ1v) is 12.3. The van der Waals surface area contributed by atoms with E-state index < -0.39 is 25.1 Å². The molecule has 0 N–H and O–H groups in total. The van der Waals surface area contributed by atoms with Crippen molar-refractivity contribution in [3.63, 3.8) is 0 Å². The van der Waals surface area contributed by atoms with Gasteiger partial charge in [-0.2, -0.15) is 0 Å².